The molecule has 0 aliphatic heterocycles. The van der Waals surface area contributed by atoms with E-state index in [1.807, 2.05) is 12.1 Å². The van der Waals surface area contributed by atoms with Crippen molar-refractivity contribution in [3.8, 4) is 0 Å². The van der Waals surface area contributed by atoms with E-state index >= 15 is 0 Å². The highest BCUT2D eigenvalue weighted by Crippen LogP contribution is 2.27. The van der Waals surface area contributed by atoms with Gasteiger partial charge in [0.25, 0.3) is 0 Å². The molecular weight excluding hydrogens is 287 g/mol. The highest BCUT2D eigenvalue weighted by Gasteiger charge is 2.09. The van der Waals surface area contributed by atoms with Crippen molar-refractivity contribution in [3.05, 3.63) is 65.0 Å². The molecular formula is C17H17FO2S. The van der Waals surface area contributed by atoms with E-state index in [1.165, 1.54) is 35.5 Å². The molecule has 0 amide bonds. The maximum absolute atomic E-state index is 13.7. The first-order valence-electron chi connectivity index (χ1n) is 6.72. The Labute approximate surface area is 128 Å². The number of halogens is 1. The van der Waals surface area contributed by atoms with E-state index in [2.05, 4.69) is 26.0 Å². The van der Waals surface area contributed by atoms with Gasteiger partial charge in [-0.25, -0.2) is 9.18 Å². The number of hydrogen-bond acceptors (Lipinski definition) is 2. The van der Waals surface area contributed by atoms with Crippen LogP contribution in [0.1, 0.15) is 41.3 Å². The van der Waals surface area contributed by atoms with Crippen molar-refractivity contribution in [2.24, 2.45) is 0 Å². The summed E-state index contributed by atoms with van der Waals surface area (Å²) in [6.45, 7) is 4.27. The predicted octanol–water partition coefficient (Wildman–Crippen LogP) is 4.94. The molecule has 0 saturated heterocycles. The number of carboxylic acids is 1. The quantitative estimate of drug-likeness (QED) is 0.795. The smallest absolute Gasteiger partial charge is 0.335 e. The number of hydrogen-bond donors (Lipinski definition) is 1. The Morgan fingerprint density at radius 3 is 2.43 bits per heavy atom. The van der Waals surface area contributed by atoms with Gasteiger partial charge in [0.05, 0.1) is 5.56 Å². The Bertz CT molecular complexity index is 636. The molecule has 0 atom stereocenters. The molecule has 2 rings (SSSR count). The monoisotopic (exact) mass is 304 g/mol. The Morgan fingerprint density at radius 2 is 1.86 bits per heavy atom. The summed E-state index contributed by atoms with van der Waals surface area (Å²) in [5.41, 5.74) is 2.46. The summed E-state index contributed by atoms with van der Waals surface area (Å²) in [6.07, 6.45) is 0. The highest BCUT2D eigenvalue weighted by molar-refractivity contribution is 7.98. The molecule has 0 aliphatic rings. The lowest BCUT2D eigenvalue weighted by Crippen LogP contribution is -1.97. The van der Waals surface area contributed by atoms with Gasteiger partial charge in [-0.1, -0.05) is 38.1 Å². The second-order valence-corrected chi connectivity index (χ2v) is 6.15. The molecule has 2 aromatic rings. The van der Waals surface area contributed by atoms with Crippen molar-refractivity contribution in [3.63, 3.8) is 0 Å². The first kappa shape index (κ1) is 15.6. The van der Waals surface area contributed by atoms with E-state index in [-0.39, 0.29) is 11.4 Å². The molecule has 0 bridgehead atoms. The van der Waals surface area contributed by atoms with Gasteiger partial charge in [-0.15, -0.1) is 11.8 Å². The van der Waals surface area contributed by atoms with E-state index < -0.39 is 5.97 Å². The maximum atomic E-state index is 13.7. The lowest BCUT2D eigenvalue weighted by molar-refractivity contribution is 0.0696. The van der Waals surface area contributed by atoms with E-state index in [1.54, 1.807) is 0 Å². The molecule has 2 aromatic carbocycles. The largest absolute Gasteiger partial charge is 0.478 e. The van der Waals surface area contributed by atoms with Crippen molar-refractivity contribution in [1.82, 2.24) is 0 Å². The molecule has 110 valence electrons. The average molecular weight is 304 g/mol. The summed E-state index contributed by atoms with van der Waals surface area (Å²) in [4.78, 5) is 11.3. The van der Waals surface area contributed by atoms with Gasteiger partial charge < -0.3 is 5.11 Å². The normalized spacial score (nSPS) is 10.9. The van der Waals surface area contributed by atoms with Crippen LogP contribution in [-0.4, -0.2) is 11.1 Å². The molecule has 0 unspecified atom stereocenters. The molecule has 0 spiro atoms. The zero-order chi connectivity index (χ0) is 15.4. The summed E-state index contributed by atoms with van der Waals surface area (Å²) in [6, 6.07) is 12.1. The van der Waals surface area contributed by atoms with Crippen LogP contribution in [0.4, 0.5) is 4.39 Å². The third-order valence-corrected chi connectivity index (χ3v) is 4.32. The topological polar surface area (TPSA) is 37.3 Å². The van der Waals surface area contributed by atoms with Crippen LogP contribution in [0.25, 0.3) is 0 Å². The van der Waals surface area contributed by atoms with Crippen molar-refractivity contribution >= 4 is 17.7 Å². The molecule has 1 N–H and O–H groups in total. The van der Waals surface area contributed by atoms with Crippen LogP contribution in [0.3, 0.4) is 0 Å². The minimum absolute atomic E-state index is 0.106. The van der Waals surface area contributed by atoms with E-state index in [4.69, 9.17) is 5.11 Å². The second-order valence-electron chi connectivity index (χ2n) is 5.14. The van der Waals surface area contributed by atoms with Gasteiger partial charge in [0.15, 0.2) is 0 Å². The second kappa shape index (κ2) is 6.76. The maximum Gasteiger partial charge on any atom is 0.335 e. The summed E-state index contributed by atoms with van der Waals surface area (Å²) >= 11 is 1.31. The van der Waals surface area contributed by atoms with Gasteiger partial charge in [-0.2, -0.15) is 0 Å². The standard InChI is InChI=1S/C17H17FO2S/c1-11(2)13-5-3-12(4-6-13)10-21-16-9-14(17(19)20)7-8-15(16)18/h3-9,11H,10H2,1-2H3,(H,19,20). The van der Waals surface area contributed by atoms with E-state index in [0.29, 0.717) is 16.6 Å². The van der Waals surface area contributed by atoms with Crippen LogP contribution >= 0.6 is 11.8 Å². The van der Waals surface area contributed by atoms with Crippen LogP contribution in [0.5, 0.6) is 0 Å². The lowest BCUT2D eigenvalue weighted by atomic mass is 10.0. The number of thioether (sulfide) groups is 1. The minimum Gasteiger partial charge on any atom is -0.478 e. The number of rotatable bonds is 5. The van der Waals surface area contributed by atoms with Gasteiger partial charge in [0.2, 0.25) is 0 Å². The first-order valence-corrected chi connectivity index (χ1v) is 7.70. The van der Waals surface area contributed by atoms with Crippen molar-refractivity contribution in [1.29, 1.82) is 0 Å². The van der Waals surface area contributed by atoms with Gasteiger partial charge in [0.1, 0.15) is 5.82 Å². The molecule has 0 fully saturated rings. The Morgan fingerprint density at radius 1 is 1.19 bits per heavy atom. The number of carboxylic acid groups (broad SMARTS) is 1. The van der Waals surface area contributed by atoms with Crippen LogP contribution in [-0.2, 0) is 5.75 Å². The number of benzene rings is 2. The SMILES string of the molecule is CC(C)c1ccc(CSc2cc(C(=O)O)ccc2F)cc1. The summed E-state index contributed by atoms with van der Waals surface area (Å²) in [7, 11) is 0. The molecule has 0 heterocycles. The van der Waals surface area contributed by atoms with Gasteiger partial charge in [-0.3, -0.25) is 0 Å². The fraction of sp³-hybridized carbons (Fsp3) is 0.235. The predicted molar refractivity (Wildman–Crippen MR) is 83.5 cm³/mol. The van der Waals surface area contributed by atoms with Crippen molar-refractivity contribution in [2.45, 2.75) is 30.4 Å². The minimum atomic E-state index is -1.04. The number of carbonyl (C=O) groups is 1. The average Bonchev–Trinajstić information content (AvgIpc) is 2.46. The Balaban J connectivity index is 2.09. The molecule has 2 nitrogen and oxygen atoms in total. The summed E-state index contributed by atoms with van der Waals surface area (Å²) in [5.74, 6) is -0.336. The summed E-state index contributed by atoms with van der Waals surface area (Å²) in [5, 5.41) is 8.94. The Kier molecular flexibility index (Phi) is 5.02. The molecule has 0 aromatic heterocycles. The number of aromatic carboxylic acids is 1. The summed E-state index contributed by atoms with van der Waals surface area (Å²) < 4.78 is 13.7. The fourth-order valence-electron chi connectivity index (χ4n) is 1.91. The third kappa shape index (κ3) is 4.08. The van der Waals surface area contributed by atoms with Gasteiger partial charge in [0, 0.05) is 10.6 Å². The third-order valence-electron chi connectivity index (χ3n) is 3.22. The van der Waals surface area contributed by atoms with E-state index in [9.17, 15) is 9.18 Å². The van der Waals surface area contributed by atoms with Crippen LogP contribution in [0.15, 0.2) is 47.4 Å². The lowest BCUT2D eigenvalue weighted by Gasteiger charge is -2.08. The Hall–Kier alpha value is -1.81. The fourth-order valence-corrected chi connectivity index (χ4v) is 2.84. The first-order chi connectivity index (χ1) is 9.97. The van der Waals surface area contributed by atoms with E-state index in [0.717, 1.165) is 5.56 Å². The highest BCUT2D eigenvalue weighted by atomic mass is 32.2. The zero-order valence-electron chi connectivity index (χ0n) is 12.0. The van der Waals surface area contributed by atoms with Gasteiger partial charge >= 0.3 is 5.97 Å². The van der Waals surface area contributed by atoms with Gasteiger partial charge in [-0.05, 0) is 35.2 Å². The molecule has 0 radical (unpaired) electrons. The van der Waals surface area contributed by atoms with Crippen molar-refractivity contribution < 1.29 is 14.3 Å². The molecule has 0 aliphatic carbocycles. The van der Waals surface area contributed by atoms with Crippen molar-refractivity contribution in [2.75, 3.05) is 0 Å². The molecule has 4 heteroatoms. The molecule has 21 heavy (non-hydrogen) atoms. The van der Waals surface area contributed by atoms with Crippen LogP contribution in [0.2, 0.25) is 0 Å². The zero-order valence-corrected chi connectivity index (χ0v) is 12.8. The van der Waals surface area contributed by atoms with Crippen LogP contribution < -0.4 is 0 Å². The molecule has 0 saturated carbocycles. The van der Waals surface area contributed by atoms with Crippen LogP contribution in [0, 0.1) is 5.82 Å².